The number of anilines is 2. The molecule has 3 aromatic rings. The highest BCUT2D eigenvalue weighted by atomic mass is 35.5. The van der Waals surface area contributed by atoms with Crippen molar-refractivity contribution in [2.45, 2.75) is 36.9 Å². The van der Waals surface area contributed by atoms with E-state index in [1.165, 1.54) is 11.8 Å². The van der Waals surface area contributed by atoms with E-state index in [0.717, 1.165) is 22.4 Å². The van der Waals surface area contributed by atoms with E-state index in [9.17, 15) is 9.59 Å². The number of halogens is 1. The van der Waals surface area contributed by atoms with Crippen LogP contribution in [0.5, 0.6) is 0 Å². The Balaban J connectivity index is 1.58. The Bertz CT molecular complexity index is 1260. The third kappa shape index (κ3) is 3.85. The highest BCUT2D eigenvalue weighted by molar-refractivity contribution is 8.02. The van der Waals surface area contributed by atoms with Gasteiger partial charge in [0.05, 0.1) is 12.2 Å². The number of urea groups is 1. The molecule has 5 rings (SSSR count). The second kappa shape index (κ2) is 8.36. The highest BCUT2D eigenvalue weighted by Crippen LogP contribution is 2.60. The van der Waals surface area contributed by atoms with Crippen LogP contribution in [0.2, 0.25) is 5.02 Å². The zero-order valence-corrected chi connectivity index (χ0v) is 20.9. The van der Waals surface area contributed by atoms with Crippen LogP contribution in [0.4, 0.5) is 16.2 Å². The molecule has 0 bridgehead atoms. The molecular weight excluding hydrogens is 466 g/mol. The average molecular weight is 492 g/mol. The lowest BCUT2D eigenvalue weighted by Crippen LogP contribution is -2.51. The fraction of sp³-hybridized carbons (Fsp3) is 0.259. The smallest absolute Gasteiger partial charge is 0.308 e. The molecule has 5 nitrogen and oxygen atoms in total. The molecule has 1 saturated heterocycles. The van der Waals surface area contributed by atoms with Gasteiger partial charge in [-0.3, -0.25) is 9.69 Å². The monoisotopic (exact) mass is 491 g/mol. The summed E-state index contributed by atoms with van der Waals surface area (Å²) in [7, 11) is 0. The lowest BCUT2D eigenvalue weighted by Gasteiger charge is -2.33. The van der Waals surface area contributed by atoms with Gasteiger partial charge in [-0.2, -0.15) is 0 Å². The Morgan fingerprint density at radius 1 is 1.06 bits per heavy atom. The predicted molar refractivity (Wildman–Crippen MR) is 139 cm³/mol. The number of hydrogen-bond donors (Lipinski definition) is 1. The molecule has 0 saturated carbocycles. The maximum atomic E-state index is 14.2. The van der Waals surface area contributed by atoms with Crippen molar-refractivity contribution in [3.8, 4) is 0 Å². The summed E-state index contributed by atoms with van der Waals surface area (Å²) in [4.78, 5) is 30.2. The van der Waals surface area contributed by atoms with Gasteiger partial charge < -0.3 is 10.2 Å². The molecule has 0 radical (unpaired) electrons. The van der Waals surface area contributed by atoms with Crippen molar-refractivity contribution >= 4 is 46.7 Å². The lowest BCUT2D eigenvalue weighted by molar-refractivity contribution is -0.123. The fourth-order valence-electron chi connectivity index (χ4n) is 4.73. The first-order valence-electron chi connectivity index (χ1n) is 11.2. The molecular formula is C27H26ClN3O2S. The molecule has 2 aliphatic rings. The van der Waals surface area contributed by atoms with Crippen molar-refractivity contribution in [3.63, 3.8) is 0 Å². The second-order valence-electron chi connectivity index (χ2n) is 9.43. The molecule has 0 aliphatic carbocycles. The van der Waals surface area contributed by atoms with Gasteiger partial charge >= 0.3 is 6.03 Å². The lowest BCUT2D eigenvalue weighted by atomic mass is 10.0. The molecule has 0 aromatic heterocycles. The number of carbonyl (C=O) groups is 2. The summed E-state index contributed by atoms with van der Waals surface area (Å²) in [5, 5.41) is 3.54. The molecule has 1 fully saturated rings. The number of nitrogens with one attached hydrogen (secondary N) is 1. The van der Waals surface area contributed by atoms with E-state index in [1.54, 1.807) is 15.9 Å². The first-order chi connectivity index (χ1) is 16.2. The molecule has 1 spiro atoms. The van der Waals surface area contributed by atoms with Crippen LogP contribution in [0.25, 0.3) is 0 Å². The molecule has 2 aliphatic heterocycles. The number of rotatable bonds is 3. The van der Waals surface area contributed by atoms with Crippen molar-refractivity contribution < 1.29 is 9.59 Å². The molecule has 7 heteroatoms. The van der Waals surface area contributed by atoms with E-state index in [1.807, 2.05) is 73.7 Å². The minimum atomic E-state index is -1.19. The van der Waals surface area contributed by atoms with Crippen LogP contribution >= 0.6 is 23.4 Å². The number of hydrogen-bond acceptors (Lipinski definition) is 3. The van der Waals surface area contributed by atoms with Crippen LogP contribution in [0.15, 0.2) is 72.8 Å². The SMILES string of the molecule is Cc1ccc(NC(=O)N2CC(C)(C)S[C@@]23C(=O)N(Cc2ccccc2)c2ccc(Cl)cc23)cc1. The molecule has 174 valence electrons. The Morgan fingerprint density at radius 2 is 1.76 bits per heavy atom. The number of aryl methyl sites for hydroxylation is 1. The third-order valence-corrected chi connectivity index (χ3v) is 8.05. The van der Waals surface area contributed by atoms with Crippen LogP contribution < -0.4 is 10.2 Å². The van der Waals surface area contributed by atoms with Gasteiger partial charge in [0.25, 0.3) is 5.91 Å². The Hall–Kier alpha value is -2.96. The zero-order valence-electron chi connectivity index (χ0n) is 19.3. The minimum absolute atomic E-state index is 0.122. The van der Waals surface area contributed by atoms with E-state index < -0.39 is 4.87 Å². The summed E-state index contributed by atoms with van der Waals surface area (Å²) in [6, 6.07) is 22.7. The first kappa shape index (κ1) is 22.8. The highest BCUT2D eigenvalue weighted by Gasteiger charge is 2.63. The van der Waals surface area contributed by atoms with E-state index in [-0.39, 0.29) is 16.7 Å². The molecule has 3 aromatic carbocycles. The third-order valence-electron chi connectivity index (χ3n) is 6.22. The molecule has 34 heavy (non-hydrogen) atoms. The molecule has 1 atom stereocenters. The Morgan fingerprint density at radius 3 is 2.47 bits per heavy atom. The van der Waals surface area contributed by atoms with E-state index in [2.05, 4.69) is 19.2 Å². The number of fused-ring (bicyclic) bond motifs is 2. The standard InChI is InChI=1S/C27H26ClN3O2S/c1-18-9-12-21(13-10-18)29-25(33)31-17-26(2,3)34-27(31)22-15-20(28)11-14-23(22)30(24(27)32)16-19-7-5-4-6-8-19/h4-15H,16-17H2,1-3H3,(H,29,33)/t27-/m0/s1. The van der Waals surface area contributed by atoms with Crippen molar-refractivity contribution in [3.05, 3.63) is 94.5 Å². The number of thioether (sulfide) groups is 1. The summed E-state index contributed by atoms with van der Waals surface area (Å²) >= 11 is 7.94. The van der Waals surface area contributed by atoms with Gasteiger partial charge in [0.15, 0.2) is 4.87 Å². The molecule has 3 amide bonds. The first-order valence-corrected chi connectivity index (χ1v) is 12.4. The number of carbonyl (C=O) groups excluding carboxylic acids is 2. The summed E-state index contributed by atoms with van der Waals surface area (Å²) in [6.45, 7) is 6.97. The van der Waals surface area contributed by atoms with Gasteiger partial charge in [0, 0.05) is 27.6 Å². The van der Waals surface area contributed by atoms with Crippen molar-refractivity contribution in [2.24, 2.45) is 0 Å². The van der Waals surface area contributed by atoms with Crippen molar-refractivity contribution in [1.82, 2.24) is 4.90 Å². The maximum absolute atomic E-state index is 14.2. The number of nitrogens with zero attached hydrogens (tertiary/aromatic N) is 2. The minimum Gasteiger partial charge on any atom is -0.308 e. The van der Waals surface area contributed by atoms with Crippen LogP contribution in [-0.4, -0.2) is 28.1 Å². The normalized spacial score (nSPS) is 20.6. The van der Waals surface area contributed by atoms with Crippen LogP contribution in [0.1, 0.15) is 30.5 Å². The summed E-state index contributed by atoms with van der Waals surface area (Å²) in [5.41, 5.74) is 4.37. The molecule has 0 unspecified atom stereocenters. The van der Waals surface area contributed by atoms with Crippen LogP contribution in [-0.2, 0) is 16.2 Å². The average Bonchev–Trinajstić information content (AvgIpc) is 3.22. The van der Waals surface area contributed by atoms with Gasteiger partial charge in [-0.1, -0.05) is 59.6 Å². The van der Waals surface area contributed by atoms with Crippen molar-refractivity contribution in [1.29, 1.82) is 0 Å². The van der Waals surface area contributed by atoms with Gasteiger partial charge in [0.2, 0.25) is 0 Å². The topological polar surface area (TPSA) is 52.7 Å². The maximum Gasteiger partial charge on any atom is 0.323 e. The second-order valence-corrected chi connectivity index (χ2v) is 11.8. The van der Waals surface area contributed by atoms with Gasteiger partial charge in [-0.25, -0.2) is 4.79 Å². The number of benzene rings is 3. The van der Waals surface area contributed by atoms with Gasteiger partial charge in [-0.15, -0.1) is 11.8 Å². The molecule has 2 heterocycles. The summed E-state index contributed by atoms with van der Waals surface area (Å²) < 4.78 is -0.331. The largest absolute Gasteiger partial charge is 0.323 e. The zero-order chi connectivity index (χ0) is 24.1. The fourth-order valence-corrected chi connectivity index (χ4v) is 6.62. The van der Waals surface area contributed by atoms with Gasteiger partial charge in [0.1, 0.15) is 0 Å². The number of amides is 3. The van der Waals surface area contributed by atoms with E-state index in [4.69, 9.17) is 11.6 Å². The van der Waals surface area contributed by atoms with Gasteiger partial charge in [-0.05, 0) is 56.7 Å². The summed E-state index contributed by atoms with van der Waals surface area (Å²) in [6.07, 6.45) is 0. The quantitative estimate of drug-likeness (QED) is 0.460. The Labute approximate surface area is 209 Å². The van der Waals surface area contributed by atoms with Crippen LogP contribution in [0.3, 0.4) is 0 Å². The summed E-state index contributed by atoms with van der Waals surface area (Å²) in [5.74, 6) is -0.122. The predicted octanol–water partition coefficient (Wildman–Crippen LogP) is 6.41. The van der Waals surface area contributed by atoms with Crippen molar-refractivity contribution in [2.75, 3.05) is 16.8 Å². The van der Waals surface area contributed by atoms with E-state index in [0.29, 0.717) is 23.8 Å². The van der Waals surface area contributed by atoms with E-state index >= 15 is 0 Å². The Kier molecular flexibility index (Phi) is 5.61. The molecule has 1 N–H and O–H groups in total. The van der Waals surface area contributed by atoms with Crippen LogP contribution in [0, 0.1) is 6.92 Å².